The molecule has 0 bridgehead atoms. The van der Waals surface area contributed by atoms with E-state index in [1.807, 2.05) is 42.5 Å². The quantitative estimate of drug-likeness (QED) is 0.459. The molecule has 1 fully saturated rings. The second kappa shape index (κ2) is 10.1. The smallest absolute Gasteiger partial charge is 0.270 e. The molecule has 1 aromatic heterocycles. The minimum absolute atomic E-state index is 0.0256. The second-order valence-electron chi connectivity index (χ2n) is 9.75. The van der Waals surface area contributed by atoms with Crippen LogP contribution in [-0.4, -0.2) is 22.8 Å². The van der Waals surface area contributed by atoms with Gasteiger partial charge < -0.3 is 15.4 Å². The normalized spacial score (nSPS) is 13.3. The van der Waals surface area contributed by atoms with Crippen LogP contribution in [0.15, 0.2) is 66.9 Å². The number of ether oxygens (including phenoxy) is 1. The molecular formula is C28H31N3O3. The third kappa shape index (κ3) is 6.67. The molecule has 2 amide bonds. The van der Waals surface area contributed by atoms with Gasteiger partial charge in [-0.25, -0.2) is 0 Å². The van der Waals surface area contributed by atoms with Gasteiger partial charge in [0.25, 0.3) is 5.91 Å². The number of amides is 2. The summed E-state index contributed by atoms with van der Waals surface area (Å²) in [4.78, 5) is 28.9. The van der Waals surface area contributed by atoms with Gasteiger partial charge in [0.05, 0.1) is 0 Å². The molecule has 0 saturated heterocycles. The Labute approximate surface area is 200 Å². The molecule has 0 unspecified atom stereocenters. The molecule has 1 aliphatic carbocycles. The first-order chi connectivity index (χ1) is 16.3. The summed E-state index contributed by atoms with van der Waals surface area (Å²) >= 11 is 0. The Hall–Kier alpha value is -3.67. The number of rotatable bonds is 8. The van der Waals surface area contributed by atoms with E-state index in [9.17, 15) is 9.59 Å². The van der Waals surface area contributed by atoms with E-state index < -0.39 is 0 Å². The maximum absolute atomic E-state index is 12.5. The molecule has 0 radical (unpaired) electrons. The summed E-state index contributed by atoms with van der Waals surface area (Å²) in [6.07, 6.45) is 4.57. The lowest BCUT2D eigenvalue weighted by Gasteiger charge is -2.19. The molecule has 176 valence electrons. The van der Waals surface area contributed by atoms with Crippen LogP contribution in [0.25, 0.3) is 0 Å². The largest absolute Gasteiger partial charge is 0.457 e. The molecule has 2 N–H and O–H groups in total. The molecular weight excluding hydrogens is 426 g/mol. The Kier molecular flexibility index (Phi) is 6.96. The van der Waals surface area contributed by atoms with Gasteiger partial charge in [0.15, 0.2) is 0 Å². The SMILES string of the molecule is CC(C)(C)c1cccc(NC(=O)CCc2cccc(Oc3ccnc(C(=O)NC4CC4)c3)c2)c1. The summed E-state index contributed by atoms with van der Waals surface area (Å²) in [6, 6.07) is 19.3. The number of aryl methyl sites for hydroxylation is 1. The Bertz CT molecular complexity index is 1180. The molecule has 0 atom stereocenters. The van der Waals surface area contributed by atoms with Crippen LogP contribution < -0.4 is 15.4 Å². The Morgan fingerprint density at radius 3 is 2.53 bits per heavy atom. The first kappa shape index (κ1) is 23.5. The van der Waals surface area contributed by atoms with Gasteiger partial charge in [-0.2, -0.15) is 0 Å². The van der Waals surface area contributed by atoms with Crippen molar-refractivity contribution < 1.29 is 14.3 Å². The molecule has 1 heterocycles. The van der Waals surface area contributed by atoms with Crippen LogP contribution in [0, 0.1) is 0 Å². The molecule has 3 aromatic rings. The van der Waals surface area contributed by atoms with Crippen LogP contribution in [-0.2, 0) is 16.6 Å². The van der Waals surface area contributed by atoms with Gasteiger partial charge in [0.2, 0.25) is 5.91 Å². The summed E-state index contributed by atoms with van der Waals surface area (Å²) < 4.78 is 5.96. The topological polar surface area (TPSA) is 80.3 Å². The zero-order valence-corrected chi connectivity index (χ0v) is 19.9. The molecule has 0 aliphatic heterocycles. The zero-order valence-electron chi connectivity index (χ0n) is 19.9. The van der Waals surface area contributed by atoms with Gasteiger partial charge in [-0.1, -0.05) is 45.0 Å². The number of nitrogens with one attached hydrogen (secondary N) is 2. The average molecular weight is 458 g/mol. The maximum Gasteiger partial charge on any atom is 0.270 e. The molecule has 6 heteroatoms. The highest BCUT2D eigenvalue weighted by Crippen LogP contribution is 2.26. The number of benzene rings is 2. The third-order valence-electron chi connectivity index (χ3n) is 5.66. The van der Waals surface area contributed by atoms with Crippen molar-refractivity contribution in [1.29, 1.82) is 0 Å². The fourth-order valence-corrected chi connectivity index (χ4v) is 3.53. The lowest BCUT2D eigenvalue weighted by Crippen LogP contribution is -2.26. The van der Waals surface area contributed by atoms with Crippen LogP contribution in [0.1, 0.15) is 61.6 Å². The van der Waals surface area contributed by atoms with Crippen LogP contribution in [0.3, 0.4) is 0 Å². The first-order valence-corrected chi connectivity index (χ1v) is 11.7. The maximum atomic E-state index is 12.5. The minimum atomic E-state index is -0.180. The minimum Gasteiger partial charge on any atom is -0.457 e. The van der Waals surface area contributed by atoms with E-state index in [1.165, 1.54) is 5.56 Å². The van der Waals surface area contributed by atoms with E-state index >= 15 is 0 Å². The van der Waals surface area contributed by atoms with E-state index in [0.29, 0.717) is 30.0 Å². The Balaban J connectivity index is 1.33. The van der Waals surface area contributed by atoms with E-state index in [0.717, 1.165) is 24.1 Å². The first-order valence-electron chi connectivity index (χ1n) is 11.7. The molecule has 34 heavy (non-hydrogen) atoms. The molecule has 4 rings (SSSR count). The highest BCUT2D eigenvalue weighted by molar-refractivity contribution is 5.93. The van der Waals surface area contributed by atoms with Crippen LogP contribution in [0.2, 0.25) is 0 Å². The summed E-state index contributed by atoms with van der Waals surface area (Å²) in [5, 5.41) is 5.93. The summed E-state index contributed by atoms with van der Waals surface area (Å²) in [5.41, 5.74) is 3.36. The average Bonchev–Trinajstić information content (AvgIpc) is 3.62. The zero-order chi connectivity index (χ0) is 24.1. The number of aromatic nitrogens is 1. The molecule has 1 aliphatic rings. The highest BCUT2D eigenvalue weighted by atomic mass is 16.5. The van der Waals surface area contributed by atoms with Gasteiger partial charge in [0.1, 0.15) is 17.2 Å². The summed E-state index contributed by atoms with van der Waals surface area (Å²) in [5.74, 6) is 0.985. The van der Waals surface area contributed by atoms with E-state index in [1.54, 1.807) is 18.3 Å². The third-order valence-corrected chi connectivity index (χ3v) is 5.66. The number of carbonyl (C=O) groups excluding carboxylic acids is 2. The van der Waals surface area contributed by atoms with Gasteiger partial charge >= 0.3 is 0 Å². The monoisotopic (exact) mass is 457 g/mol. The van der Waals surface area contributed by atoms with Crippen LogP contribution in [0.5, 0.6) is 11.5 Å². The van der Waals surface area contributed by atoms with Crippen molar-refractivity contribution in [2.45, 2.75) is 57.9 Å². The number of nitrogens with zero attached hydrogens (tertiary/aromatic N) is 1. The van der Waals surface area contributed by atoms with Crippen LogP contribution in [0.4, 0.5) is 5.69 Å². The summed E-state index contributed by atoms with van der Waals surface area (Å²) in [6.45, 7) is 6.45. The number of anilines is 1. The van der Waals surface area contributed by atoms with Gasteiger partial charge in [-0.05, 0) is 66.1 Å². The van der Waals surface area contributed by atoms with Gasteiger partial charge in [0, 0.05) is 30.4 Å². The molecule has 2 aromatic carbocycles. The number of carbonyl (C=O) groups is 2. The fourth-order valence-electron chi connectivity index (χ4n) is 3.53. The standard InChI is InChI=1S/C28H31N3O3/c1-28(2,3)20-7-5-8-22(17-20)30-26(32)13-10-19-6-4-9-23(16-19)34-24-14-15-29-25(18-24)27(33)31-21-11-12-21/h4-9,14-18,21H,10-13H2,1-3H3,(H,30,32)(H,31,33). The van der Waals surface area contributed by atoms with Crippen molar-refractivity contribution in [2.75, 3.05) is 5.32 Å². The predicted octanol–water partition coefficient (Wildman–Crippen LogP) is 5.63. The van der Waals surface area contributed by atoms with Crippen molar-refractivity contribution in [2.24, 2.45) is 0 Å². The van der Waals surface area contributed by atoms with E-state index in [-0.39, 0.29) is 23.3 Å². The van der Waals surface area contributed by atoms with Crippen molar-refractivity contribution in [3.63, 3.8) is 0 Å². The number of hydrogen-bond acceptors (Lipinski definition) is 4. The molecule has 1 saturated carbocycles. The summed E-state index contributed by atoms with van der Waals surface area (Å²) in [7, 11) is 0. The Morgan fingerprint density at radius 1 is 1.00 bits per heavy atom. The van der Waals surface area contributed by atoms with Crippen molar-refractivity contribution >= 4 is 17.5 Å². The second-order valence-corrected chi connectivity index (χ2v) is 9.75. The van der Waals surface area contributed by atoms with Crippen molar-refractivity contribution in [1.82, 2.24) is 10.3 Å². The van der Waals surface area contributed by atoms with E-state index in [2.05, 4.69) is 42.5 Å². The number of hydrogen-bond donors (Lipinski definition) is 2. The predicted molar refractivity (Wildman–Crippen MR) is 133 cm³/mol. The fraction of sp³-hybridized carbons (Fsp3) is 0.321. The molecule has 6 nitrogen and oxygen atoms in total. The van der Waals surface area contributed by atoms with Gasteiger partial charge in [-0.3, -0.25) is 14.6 Å². The number of pyridine rings is 1. The van der Waals surface area contributed by atoms with Gasteiger partial charge in [-0.15, -0.1) is 0 Å². The van der Waals surface area contributed by atoms with Crippen LogP contribution >= 0.6 is 0 Å². The van der Waals surface area contributed by atoms with Crippen molar-refractivity contribution in [3.8, 4) is 11.5 Å². The highest BCUT2D eigenvalue weighted by Gasteiger charge is 2.24. The Morgan fingerprint density at radius 2 is 1.76 bits per heavy atom. The van der Waals surface area contributed by atoms with E-state index in [4.69, 9.17) is 4.74 Å². The lowest BCUT2D eigenvalue weighted by molar-refractivity contribution is -0.116. The molecule has 0 spiro atoms. The van der Waals surface area contributed by atoms with Crippen molar-refractivity contribution in [3.05, 3.63) is 83.7 Å². The lowest BCUT2D eigenvalue weighted by atomic mass is 9.87.